The fourth-order valence-electron chi connectivity index (χ4n) is 2.93. The van der Waals surface area contributed by atoms with Crippen molar-refractivity contribution >= 4 is 5.96 Å². The van der Waals surface area contributed by atoms with Crippen molar-refractivity contribution in [3.63, 3.8) is 0 Å². The summed E-state index contributed by atoms with van der Waals surface area (Å²) in [5.74, 6) is 1.72. The first-order valence-electron chi connectivity index (χ1n) is 9.08. The molecule has 1 saturated heterocycles. The maximum atomic E-state index is 5.67. The Balaban J connectivity index is 1.99. The number of nitrogens with zero attached hydrogens (tertiary/aromatic N) is 2. The molecule has 0 radical (unpaired) electrons. The van der Waals surface area contributed by atoms with Gasteiger partial charge in [0.2, 0.25) is 0 Å². The van der Waals surface area contributed by atoms with Crippen molar-refractivity contribution in [1.82, 2.24) is 15.5 Å². The Labute approximate surface area is 151 Å². The molecule has 2 N–H and O–H groups in total. The third-order valence-corrected chi connectivity index (χ3v) is 4.41. The largest absolute Gasteiger partial charge is 0.497 e. The molecule has 0 aromatic heterocycles. The highest BCUT2D eigenvalue weighted by molar-refractivity contribution is 5.79. The van der Waals surface area contributed by atoms with Gasteiger partial charge < -0.3 is 25.0 Å². The Morgan fingerprint density at radius 3 is 2.64 bits per heavy atom. The first kappa shape index (κ1) is 19.5. The summed E-state index contributed by atoms with van der Waals surface area (Å²) in [6.45, 7) is 5.28. The van der Waals surface area contributed by atoms with Gasteiger partial charge in [-0.2, -0.15) is 0 Å². The van der Waals surface area contributed by atoms with E-state index in [4.69, 9.17) is 14.5 Å². The number of guanidine groups is 1. The monoisotopic (exact) mass is 348 g/mol. The Morgan fingerprint density at radius 2 is 2.08 bits per heavy atom. The highest BCUT2D eigenvalue weighted by atomic mass is 16.5. The number of nitrogens with one attached hydrogen (secondary N) is 2. The molecule has 25 heavy (non-hydrogen) atoms. The third-order valence-electron chi connectivity index (χ3n) is 4.41. The summed E-state index contributed by atoms with van der Waals surface area (Å²) in [6.07, 6.45) is 2.58. The molecule has 0 saturated carbocycles. The molecule has 2 unspecified atom stereocenters. The lowest BCUT2D eigenvalue weighted by Gasteiger charge is -2.24. The van der Waals surface area contributed by atoms with Gasteiger partial charge in [-0.15, -0.1) is 0 Å². The molecule has 0 aliphatic carbocycles. The first-order chi connectivity index (χ1) is 12.1. The molecule has 1 aliphatic heterocycles. The number of likely N-dealkylation sites (N-methyl/N-ethyl adjacent to an activating group) is 1. The molecule has 2 rings (SSSR count). The summed E-state index contributed by atoms with van der Waals surface area (Å²) in [4.78, 5) is 6.97. The molecule has 2 atom stereocenters. The summed E-state index contributed by atoms with van der Waals surface area (Å²) in [7, 11) is 5.85. The summed E-state index contributed by atoms with van der Waals surface area (Å²) < 4.78 is 10.9. The zero-order valence-electron chi connectivity index (χ0n) is 15.9. The Hall–Kier alpha value is -1.79. The van der Waals surface area contributed by atoms with Crippen LogP contribution in [0.4, 0.5) is 0 Å². The minimum absolute atomic E-state index is 0.212. The summed E-state index contributed by atoms with van der Waals surface area (Å²) in [6, 6.07) is 8.41. The molecular formula is C19H32N4O2. The number of methoxy groups -OCH3 is 1. The van der Waals surface area contributed by atoms with Gasteiger partial charge in [-0.25, -0.2) is 0 Å². The van der Waals surface area contributed by atoms with Crippen LogP contribution in [0.5, 0.6) is 5.75 Å². The fourth-order valence-corrected chi connectivity index (χ4v) is 2.93. The van der Waals surface area contributed by atoms with E-state index in [0.29, 0.717) is 12.6 Å². The van der Waals surface area contributed by atoms with Gasteiger partial charge in [0.15, 0.2) is 5.96 Å². The zero-order chi connectivity index (χ0) is 18.1. The van der Waals surface area contributed by atoms with Crippen LogP contribution in [-0.4, -0.2) is 64.4 Å². The molecule has 1 aliphatic rings. The second kappa shape index (κ2) is 10.3. The lowest BCUT2D eigenvalue weighted by Crippen LogP contribution is -2.41. The van der Waals surface area contributed by atoms with Crippen LogP contribution in [0.3, 0.4) is 0 Å². The topological polar surface area (TPSA) is 58.1 Å². The number of benzene rings is 1. The highest BCUT2D eigenvalue weighted by Gasteiger charge is 2.17. The van der Waals surface area contributed by atoms with Crippen LogP contribution in [0.25, 0.3) is 0 Å². The normalized spacial score (nSPS) is 19.1. The van der Waals surface area contributed by atoms with Gasteiger partial charge in [0.1, 0.15) is 5.75 Å². The van der Waals surface area contributed by atoms with Crippen LogP contribution >= 0.6 is 0 Å². The van der Waals surface area contributed by atoms with Crippen LogP contribution in [0.1, 0.15) is 31.4 Å². The molecular weight excluding hydrogens is 316 g/mol. The van der Waals surface area contributed by atoms with Crippen molar-refractivity contribution < 1.29 is 9.47 Å². The number of ether oxygens (including phenoxy) is 2. The zero-order valence-corrected chi connectivity index (χ0v) is 15.9. The number of rotatable bonds is 8. The van der Waals surface area contributed by atoms with E-state index in [1.54, 1.807) is 7.11 Å². The van der Waals surface area contributed by atoms with Gasteiger partial charge in [-0.05, 0) is 51.6 Å². The number of hydrogen-bond donors (Lipinski definition) is 2. The molecule has 140 valence electrons. The minimum Gasteiger partial charge on any atom is -0.497 e. The van der Waals surface area contributed by atoms with Gasteiger partial charge in [0, 0.05) is 19.7 Å². The second-order valence-corrected chi connectivity index (χ2v) is 6.49. The molecule has 0 amide bonds. The SMILES string of the molecule is CCNC(=NCC(c1ccc(OC)cc1)N(C)C)NCC1CCCO1. The predicted molar refractivity (Wildman–Crippen MR) is 102 cm³/mol. The Kier molecular flexibility index (Phi) is 8.01. The van der Waals surface area contributed by atoms with Crippen molar-refractivity contribution in [1.29, 1.82) is 0 Å². The molecule has 6 nitrogen and oxygen atoms in total. The molecule has 1 fully saturated rings. The van der Waals surface area contributed by atoms with Crippen molar-refractivity contribution in [2.75, 3.05) is 47.4 Å². The van der Waals surface area contributed by atoms with E-state index in [1.807, 2.05) is 12.1 Å². The van der Waals surface area contributed by atoms with Crippen LogP contribution in [0.2, 0.25) is 0 Å². The van der Waals surface area contributed by atoms with Gasteiger partial charge in [0.25, 0.3) is 0 Å². The smallest absolute Gasteiger partial charge is 0.191 e. The van der Waals surface area contributed by atoms with Crippen molar-refractivity contribution in [3.05, 3.63) is 29.8 Å². The fraction of sp³-hybridized carbons (Fsp3) is 0.632. The predicted octanol–water partition coefficient (Wildman–Crippen LogP) is 2.03. The van der Waals surface area contributed by atoms with Gasteiger partial charge in [0.05, 0.1) is 25.8 Å². The maximum Gasteiger partial charge on any atom is 0.191 e. The Morgan fingerprint density at radius 1 is 1.32 bits per heavy atom. The van der Waals surface area contributed by atoms with E-state index >= 15 is 0 Å². The van der Waals surface area contributed by atoms with Crippen LogP contribution < -0.4 is 15.4 Å². The summed E-state index contributed by atoms with van der Waals surface area (Å²) in [5.41, 5.74) is 1.23. The molecule has 6 heteroatoms. The van der Waals surface area contributed by atoms with E-state index in [-0.39, 0.29) is 6.04 Å². The van der Waals surface area contributed by atoms with Crippen LogP contribution in [0, 0.1) is 0 Å². The van der Waals surface area contributed by atoms with E-state index in [2.05, 4.69) is 48.7 Å². The van der Waals surface area contributed by atoms with E-state index in [9.17, 15) is 0 Å². The lowest BCUT2D eigenvalue weighted by atomic mass is 10.1. The van der Waals surface area contributed by atoms with Crippen LogP contribution in [-0.2, 0) is 4.74 Å². The molecule has 0 spiro atoms. The van der Waals surface area contributed by atoms with Gasteiger partial charge >= 0.3 is 0 Å². The first-order valence-corrected chi connectivity index (χ1v) is 9.08. The van der Waals surface area contributed by atoms with E-state index < -0.39 is 0 Å². The van der Waals surface area contributed by atoms with Crippen molar-refractivity contribution in [3.8, 4) is 5.75 Å². The number of hydrogen-bond acceptors (Lipinski definition) is 4. The molecule has 1 aromatic carbocycles. The van der Waals surface area contributed by atoms with Crippen molar-refractivity contribution in [2.24, 2.45) is 4.99 Å². The van der Waals surface area contributed by atoms with Crippen LogP contribution in [0.15, 0.2) is 29.3 Å². The van der Waals surface area contributed by atoms with Gasteiger partial charge in [-0.3, -0.25) is 4.99 Å². The minimum atomic E-state index is 0.212. The Bertz CT molecular complexity index is 525. The second-order valence-electron chi connectivity index (χ2n) is 6.49. The maximum absolute atomic E-state index is 5.67. The number of aliphatic imine (C=N–C) groups is 1. The van der Waals surface area contributed by atoms with Gasteiger partial charge in [-0.1, -0.05) is 12.1 Å². The molecule has 1 aromatic rings. The third kappa shape index (κ3) is 6.21. The molecule has 0 bridgehead atoms. The summed E-state index contributed by atoms with van der Waals surface area (Å²) >= 11 is 0. The quantitative estimate of drug-likeness (QED) is 0.556. The molecule has 1 heterocycles. The summed E-state index contributed by atoms with van der Waals surface area (Å²) in [5, 5.41) is 6.72. The standard InChI is InChI=1S/C19H32N4O2/c1-5-20-19(21-13-17-7-6-12-25-17)22-14-18(23(2)3)15-8-10-16(24-4)11-9-15/h8-11,17-18H,5-7,12-14H2,1-4H3,(H2,20,21,22). The highest BCUT2D eigenvalue weighted by Crippen LogP contribution is 2.21. The average Bonchev–Trinajstić information content (AvgIpc) is 3.13. The van der Waals surface area contributed by atoms with E-state index in [0.717, 1.165) is 44.2 Å². The average molecular weight is 348 g/mol. The van der Waals surface area contributed by atoms with E-state index in [1.165, 1.54) is 5.56 Å². The van der Waals surface area contributed by atoms with Crippen molar-refractivity contribution in [2.45, 2.75) is 31.9 Å². The lowest BCUT2D eigenvalue weighted by molar-refractivity contribution is 0.114.